The molecule has 0 aliphatic carbocycles. The van der Waals surface area contributed by atoms with Crippen molar-refractivity contribution in [3.8, 4) is 5.75 Å². The highest BCUT2D eigenvalue weighted by Gasteiger charge is 2.27. The number of aliphatic carboxylic acids is 1. The molecule has 2 N–H and O–H groups in total. The molecule has 0 aliphatic heterocycles. The Bertz CT molecular complexity index is 515. The van der Waals surface area contributed by atoms with Crippen molar-refractivity contribution in [1.29, 1.82) is 0 Å². The van der Waals surface area contributed by atoms with Crippen molar-refractivity contribution < 1.29 is 19.7 Å². The SMILES string of the molecule is CCOc1cc(Cl)c(C(O)CC(C)(C)CC(=O)O)cc1Cl. The third-order valence-corrected chi connectivity index (χ3v) is 3.71. The quantitative estimate of drug-likeness (QED) is 0.779. The highest BCUT2D eigenvalue weighted by molar-refractivity contribution is 6.34. The minimum Gasteiger partial charge on any atom is -0.492 e. The van der Waals surface area contributed by atoms with Crippen molar-refractivity contribution in [3.63, 3.8) is 0 Å². The van der Waals surface area contributed by atoms with Crippen LogP contribution in [0.2, 0.25) is 10.0 Å². The second kappa shape index (κ2) is 7.34. The van der Waals surface area contributed by atoms with E-state index in [0.29, 0.717) is 28.0 Å². The van der Waals surface area contributed by atoms with Gasteiger partial charge in [-0.25, -0.2) is 0 Å². The lowest BCUT2D eigenvalue weighted by Crippen LogP contribution is -2.20. The van der Waals surface area contributed by atoms with E-state index < -0.39 is 17.5 Å². The normalized spacial score (nSPS) is 13.0. The molecule has 0 saturated carbocycles. The fourth-order valence-corrected chi connectivity index (χ4v) is 2.69. The van der Waals surface area contributed by atoms with Gasteiger partial charge in [-0.3, -0.25) is 4.79 Å². The number of carboxylic acid groups (broad SMARTS) is 1. The molecule has 1 aromatic carbocycles. The van der Waals surface area contributed by atoms with Crippen LogP contribution in [0.15, 0.2) is 12.1 Å². The molecule has 0 radical (unpaired) electrons. The van der Waals surface area contributed by atoms with Crippen LogP contribution >= 0.6 is 23.2 Å². The summed E-state index contributed by atoms with van der Waals surface area (Å²) in [5.74, 6) is -0.437. The van der Waals surface area contributed by atoms with Gasteiger partial charge in [0.25, 0.3) is 0 Å². The van der Waals surface area contributed by atoms with Gasteiger partial charge in [-0.05, 0) is 24.8 Å². The van der Waals surface area contributed by atoms with Crippen LogP contribution in [0.3, 0.4) is 0 Å². The first-order valence-electron chi connectivity index (χ1n) is 6.68. The number of halogens is 2. The maximum absolute atomic E-state index is 10.8. The smallest absolute Gasteiger partial charge is 0.303 e. The van der Waals surface area contributed by atoms with E-state index in [-0.39, 0.29) is 12.8 Å². The summed E-state index contributed by atoms with van der Waals surface area (Å²) in [7, 11) is 0. The van der Waals surface area contributed by atoms with Crippen molar-refractivity contribution in [3.05, 3.63) is 27.7 Å². The lowest BCUT2D eigenvalue weighted by molar-refractivity contribution is -0.139. The molecule has 4 nitrogen and oxygen atoms in total. The summed E-state index contributed by atoms with van der Waals surface area (Å²) in [5, 5.41) is 19.9. The van der Waals surface area contributed by atoms with E-state index in [1.807, 2.05) is 6.92 Å². The van der Waals surface area contributed by atoms with Crippen LogP contribution in [-0.2, 0) is 4.79 Å². The van der Waals surface area contributed by atoms with E-state index in [4.69, 9.17) is 33.0 Å². The first-order valence-corrected chi connectivity index (χ1v) is 7.43. The molecule has 6 heteroatoms. The molecular formula is C15H20Cl2O4. The van der Waals surface area contributed by atoms with Crippen molar-refractivity contribution in [2.24, 2.45) is 5.41 Å². The van der Waals surface area contributed by atoms with Crippen molar-refractivity contribution >= 4 is 29.2 Å². The summed E-state index contributed by atoms with van der Waals surface area (Å²) in [6.45, 7) is 5.87. The molecule has 1 rings (SSSR count). The average molecular weight is 335 g/mol. The third kappa shape index (κ3) is 5.38. The summed E-state index contributed by atoms with van der Waals surface area (Å²) in [5.41, 5.74) is -0.0804. The Morgan fingerprint density at radius 2 is 1.95 bits per heavy atom. The molecule has 1 atom stereocenters. The van der Waals surface area contributed by atoms with Crippen LogP contribution in [0.25, 0.3) is 0 Å². The molecule has 0 bridgehead atoms. The van der Waals surface area contributed by atoms with Gasteiger partial charge in [-0.1, -0.05) is 37.0 Å². The summed E-state index contributed by atoms with van der Waals surface area (Å²) in [6.07, 6.45) is -0.657. The van der Waals surface area contributed by atoms with Crippen LogP contribution < -0.4 is 4.74 Å². The zero-order valence-corrected chi connectivity index (χ0v) is 13.8. The highest BCUT2D eigenvalue weighted by Crippen LogP contribution is 2.39. The predicted molar refractivity (Wildman–Crippen MR) is 83.2 cm³/mol. The summed E-state index contributed by atoms with van der Waals surface area (Å²) in [6, 6.07) is 3.13. The van der Waals surface area contributed by atoms with Crippen LogP contribution in [0, 0.1) is 5.41 Å². The number of benzene rings is 1. The van der Waals surface area contributed by atoms with E-state index in [0.717, 1.165) is 0 Å². The van der Waals surface area contributed by atoms with E-state index in [1.54, 1.807) is 26.0 Å². The standard InChI is InChI=1S/C15H20Cl2O4/c1-4-21-13-6-10(16)9(5-11(13)17)12(18)7-15(2,3)8-14(19)20/h5-6,12,18H,4,7-8H2,1-3H3,(H,19,20). The molecule has 1 unspecified atom stereocenters. The molecule has 0 heterocycles. The van der Waals surface area contributed by atoms with Gasteiger partial charge in [0.2, 0.25) is 0 Å². The largest absolute Gasteiger partial charge is 0.492 e. The van der Waals surface area contributed by atoms with Crippen molar-refractivity contribution in [2.75, 3.05) is 6.61 Å². The lowest BCUT2D eigenvalue weighted by atomic mass is 9.82. The fourth-order valence-electron chi connectivity index (χ4n) is 2.18. The number of carbonyl (C=O) groups is 1. The zero-order valence-electron chi connectivity index (χ0n) is 12.3. The predicted octanol–water partition coefficient (Wildman–Crippen LogP) is 4.32. The second-order valence-electron chi connectivity index (χ2n) is 5.69. The fraction of sp³-hybridized carbons (Fsp3) is 0.533. The Morgan fingerprint density at radius 1 is 1.33 bits per heavy atom. The number of ether oxygens (including phenoxy) is 1. The number of carboxylic acids is 1. The molecule has 0 amide bonds. The van der Waals surface area contributed by atoms with Gasteiger partial charge in [-0.15, -0.1) is 0 Å². The number of aliphatic hydroxyl groups excluding tert-OH is 1. The molecular weight excluding hydrogens is 315 g/mol. The Kier molecular flexibility index (Phi) is 6.32. The number of aliphatic hydroxyl groups is 1. The minimum absolute atomic E-state index is 0.0353. The van der Waals surface area contributed by atoms with Crippen molar-refractivity contribution in [2.45, 2.75) is 39.7 Å². The van der Waals surface area contributed by atoms with Crippen LogP contribution in [-0.4, -0.2) is 22.8 Å². The maximum Gasteiger partial charge on any atom is 0.303 e. The van der Waals surface area contributed by atoms with Crippen molar-refractivity contribution in [1.82, 2.24) is 0 Å². The lowest BCUT2D eigenvalue weighted by Gasteiger charge is -2.26. The van der Waals surface area contributed by atoms with Crippen LogP contribution in [0.5, 0.6) is 5.75 Å². The molecule has 0 saturated heterocycles. The van der Waals surface area contributed by atoms with Gasteiger partial charge in [0.1, 0.15) is 5.75 Å². The maximum atomic E-state index is 10.8. The zero-order chi connectivity index (χ0) is 16.2. The molecule has 0 aromatic heterocycles. The van der Waals surface area contributed by atoms with Gasteiger partial charge in [0.15, 0.2) is 0 Å². The molecule has 118 valence electrons. The molecule has 0 spiro atoms. The first kappa shape index (κ1) is 18.1. The number of hydrogen-bond donors (Lipinski definition) is 2. The monoisotopic (exact) mass is 334 g/mol. The molecule has 1 aromatic rings. The van der Waals surface area contributed by atoms with Gasteiger partial charge in [0, 0.05) is 11.6 Å². The number of rotatable bonds is 7. The van der Waals surface area contributed by atoms with Gasteiger partial charge < -0.3 is 14.9 Å². The topological polar surface area (TPSA) is 66.8 Å². The van der Waals surface area contributed by atoms with E-state index >= 15 is 0 Å². The minimum atomic E-state index is -0.900. The Balaban J connectivity index is 2.95. The van der Waals surface area contributed by atoms with E-state index in [1.165, 1.54) is 0 Å². The molecule has 21 heavy (non-hydrogen) atoms. The van der Waals surface area contributed by atoms with Crippen LogP contribution in [0.4, 0.5) is 0 Å². The molecule has 0 fully saturated rings. The van der Waals surface area contributed by atoms with Gasteiger partial charge in [-0.2, -0.15) is 0 Å². The summed E-state index contributed by atoms with van der Waals surface area (Å²) < 4.78 is 5.33. The van der Waals surface area contributed by atoms with E-state index in [9.17, 15) is 9.90 Å². The average Bonchev–Trinajstić information content (AvgIpc) is 2.31. The third-order valence-electron chi connectivity index (χ3n) is 3.09. The molecule has 0 aliphatic rings. The Labute approximate surface area is 134 Å². The van der Waals surface area contributed by atoms with Gasteiger partial charge in [0.05, 0.1) is 29.2 Å². The second-order valence-corrected chi connectivity index (χ2v) is 6.51. The van der Waals surface area contributed by atoms with Crippen LogP contribution in [0.1, 0.15) is 45.3 Å². The van der Waals surface area contributed by atoms with E-state index in [2.05, 4.69) is 0 Å². The summed E-state index contributed by atoms with van der Waals surface area (Å²) >= 11 is 12.2. The van der Waals surface area contributed by atoms with Gasteiger partial charge >= 0.3 is 5.97 Å². The Morgan fingerprint density at radius 3 is 2.48 bits per heavy atom. The first-order chi connectivity index (χ1) is 9.66. The Hall–Kier alpha value is -0.970. The highest BCUT2D eigenvalue weighted by atomic mass is 35.5. The number of hydrogen-bond acceptors (Lipinski definition) is 3. The summed E-state index contributed by atoms with van der Waals surface area (Å²) in [4.78, 5) is 10.8.